The van der Waals surface area contributed by atoms with Gasteiger partial charge in [0.05, 0.1) is 6.61 Å². The van der Waals surface area contributed by atoms with Gasteiger partial charge in [0.15, 0.2) is 11.5 Å². The van der Waals surface area contributed by atoms with Crippen molar-refractivity contribution >= 4 is 29.9 Å². The summed E-state index contributed by atoms with van der Waals surface area (Å²) in [5.41, 5.74) is 7.98. The first kappa shape index (κ1) is 26.7. The topological polar surface area (TPSA) is 93.9 Å². The Kier molecular flexibility index (Phi) is 8.91. The van der Waals surface area contributed by atoms with Crippen molar-refractivity contribution in [1.29, 1.82) is 0 Å². The van der Waals surface area contributed by atoms with Crippen molar-refractivity contribution < 1.29 is 27.8 Å². The molecule has 2 aromatic rings. The number of amides is 2. The quantitative estimate of drug-likeness (QED) is 0.525. The molecule has 7 nitrogen and oxygen atoms in total. The second-order valence-electron chi connectivity index (χ2n) is 8.85. The highest BCUT2D eigenvalue weighted by atomic mass is 35.5. The van der Waals surface area contributed by atoms with Gasteiger partial charge >= 0.3 is 6.61 Å². The maximum Gasteiger partial charge on any atom is 0.387 e. The molecule has 0 aromatic heterocycles. The molecular formula is C25H30ClF2N3O4. The Morgan fingerprint density at radius 2 is 1.94 bits per heavy atom. The van der Waals surface area contributed by atoms with E-state index in [0.717, 1.165) is 24.0 Å². The lowest BCUT2D eigenvalue weighted by Crippen LogP contribution is -2.42. The van der Waals surface area contributed by atoms with Crippen molar-refractivity contribution in [3.8, 4) is 11.5 Å². The Balaban J connectivity index is 0.00000342. The maximum absolute atomic E-state index is 13.1. The van der Waals surface area contributed by atoms with Crippen LogP contribution in [0.4, 0.5) is 14.5 Å². The van der Waals surface area contributed by atoms with Gasteiger partial charge in [0.25, 0.3) is 0 Å². The van der Waals surface area contributed by atoms with E-state index in [1.165, 1.54) is 13.0 Å². The number of nitrogens with one attached hydrogen (secondary N) is 1. The van der Waals surface area contributed by atoms with E-state index < -0.39 is 12.7 Å². The van der Waals surface area contributed by atoms with Crippen molar-refractivity contribution in [3.63, 3.8) is 0 Å². The normalized spacial score (nSPS) is 19.3. The van der Waals surface area contributed by atoms with Gasteiger partial charge in [-0.15, -0.1) is 12.4 Å². The van der Waals surface area contributed by atoms with Crippen LogP contribution >= 0.6 is 12.4 Å². The Labute approximate surface area is 209 Å². The van der Waals surface area contributed by atoms with Crippen LogP contribution in [-0.2, 0) is 16.1 Å². The van der Waals surface area contributed by atoms with Gasteiger partial charge in [-0.2, -0.15) is 8.78 Å². The summed E-state index contributed by atoms with van der Waals surface area (Å²) >= 11 is 0. The summed E-state index contributed by atoms with van der Waals surface area (Å²) in [6, 6.07) is 11.4. The lowest BCUT2D eigenvalue weighted by molar-refractivity contribution is -0.134. The van der Waals surface area contributed by atoms with Crippen LogP contribution in [0.25, 0.3) is 0 Å². The lowest BCUT2D eigenvalue weighted by Gasteiger charge is -2.22. The molecule has 1 saturated carbocycles. The summed E-state index contributed by atoms with van der Waals surface area (Å²) in [6.45, 7) is -0.389. The third-order valence-electron chi connectivity index (χ3n) is 6.27. The first-order chi connectivity index (χ1) is 16.3. The summed E-state index contributed by atoms with van der Waals surface area (Å²) in [5.74, 6) is 0.0314. The Bertz CT molecular complexity index is 1050. The van der Waals surface area contributed by atoms with Gasteiger partial charge in [0.1, 0.15) is 6.04 Å². The molecule has 2 aliphatic rings. The third kappa shape index (κ3) is 6.82. The van der Waals surface area contributed by atoms with Crippen LogP contribution in [0.3, 0.4) is 0 Å². The fourth-order valence-electron chi connectivity index (χ4n) is 4.25. The minimum atomic E-state index is -2.96. The second kappa shape index (κ2) is 11.7. The zero-order chi connectivity index (χ0) is 24.2. The molecule has 1 aliphatic carbocycles. The summed E-state index contributed by atoms with van der Waals surface area (Å²) in [4.78, 5) is 26.9. The van der Waals surface area contributed by atoms with Gasteiger partial charge in [0, 0.05) is 31.6 Å². The predicted octanol–water partition coefficient (Wildman–Crippen LogP) is 4.30. The number of anilines is 1. The van der Waals surface area contributed by atoms with Gasteiger partial charge in [0.2, 0.25) is 11.8 Å². The van der Waals surface area contributed by atoms with E-state index >= 15 is 0 Å². The molecule has 1 saturated heterocycles. The number of carbonyl (C=O) groups excluding carboxylic acids is 2. The van der Waals surface area contributed by atoms with Crippen molar-refractivity contribution in [1.82, 2.24) is 4.90 Å². The highest BCUT2D eigenvalue weighted by Gasteiger charge is 2.39. The van der Waals surface area contributed by atoms with E-state index in [4.69, 9.17) is 10.5 Å². The van der Waals surface area contributed by atoms with Gasteiger partial charge in [-0.25, -0.2) is 0 Å². The predicted molar refractivity (Wildman–Crippen MR) is 130 cm³/mol. The number of nitrogens with zero attached hydrogens (tertiary/aromatic N) is 1. The Morgan fingerprint density at radius 3 is 2.60 bits per heavy atom. The number of hydrogen-bond donors (Lipinski definition) is 2. The minimum absolute atomic E-state index is 0. The molecule has 4 rings (SSSR count). The van der Waals surface area contributed by atoms with Crippen molar-refractivity contribution in [3.05, 3.63) is 53.6 Å². The number of carbonyl (C=O) groups is 2. The average Bonchev–Trinajstić information content (AvgIpc) is 3.53. The average molecular weight is 510 g/mol. The van der Waals surface area contributed by atoms with Gasteiger partial charge < -0.3 is 25.4 Å². The van der Waals surface area contributed by atoms with E-state index in [0.29, 0.717) is 37.7 Å². The number of nitrogens with two attached hydrogens (primary N) is 1. The maximum atomic E-state index is 13.1. The summed E-state index contributed by atoms with van der Waals surface area (Å²) in [7, 11) is 0. The van der Waals surface area contributed by atoms with Gasteiger partial charge in [-0.05, 0) is 60.6 Å². The first-order valence-electron chi connectivity index (χ1n) is 11.4. The van der Waals surface area contributed by atoms with Crippen LogP contribution in [0, 0.1) is 5.92 Å². The molecule has 35 heavy (non-hydrogen) atoms. The summed E-state index contributed by atoms with van der Waals surface area (Å²) in [5, 5.41) is 2.88. The van der Waals surface area contributed by atoms with Crippen molar-refractivity contribution in [2.24, 2.45) is 11.7 Å². The van der Waals surface area contributed by atoms with E-state index in [9.17, 15) is 18.4 Å². The molecule has 1 aliphatic heterocycles. The highest BCUT2D eigenvalue weighted by Crippen LogP contribution is 2.39. The largest absolute Gasteiger partial charge is 0.489 e. The number of benzene rings is 2. The molecule has 3 N–H and O–H groups in total. The molecule has 2 unspecified atom stereocenters. The van der Waals surface area contributed by atoms with Crippen LogP contribution < -0.4 is 20.5 Å². The fraction of sp³-hybridized carbons (Fsp3) is 0.440. The molecule has 0 radical (unpaired) electrons. The van der Waals surface area contributed by atoms with E-state index in [1.54, 1.807) is 29.2 Å². The summed E-state index contributed by atoms with van der Waals surface area (Å²) < 4.78 is 36.1. The minimum Gasteiger partial charge on any atom is -0.489 e. The Hall–Kier alpha value is -2.91. The molecular weight excluding hydrogens is 480 g/mol. The number of ether oxygens (including phenoxy) is 2. The summed E-state index contributed by atoms with van der Waals surface area (Å²) in [6.07, 6.45) is 2.52. The number of halogens is 3. The van der Waals surface area contributed by atoms with E-state index in [-0.39, 0.29) is 41.6 Å². The molecule has 0 bridgehead atoms. The third-order valence-corrected chi connectivity index (χ3v) is 6.27. The van der Waals surface area contributed by atoms with Crippen LogP contribution in [0.2, 0.25) is 0 Å². The molecule has 2 amide bonds. The van der Waals surface area contributed by atoms with Crippen LogP contribution in [-0.4, -0.2) is 42.5 Å². The zero-order valence-corrected chi connectivity index (χ0v) is 20.2. The second-order valence-corrected chi connectivity index (χ2v) is 8.85. The van der Waals surface area contributed by atoms with E-state index in [1.807, 2.05) is 12.1 Å². The van der Waals surface area contributed by atoms with Crippen molar-refractivity contribution in [2.45, 2.75) is 51.3 Å². The lowest BCUT2D eigenvalue weighted by atomic mass is 9.95. The van der Waals surface area contributed by atoms with Crippen LogP contribution in [0.1, 0.15) is 43.2 Å². The highest BCUT2D eigenvalue weighted by molar-refractivity contribution is 5.97. The molecule has 1 heterocycles. The number of alkyl halides is 2. The van der Waals surface area contributed by atoms with Crippen molar-refractivity contribution in [2.75, 3.05) is 18.5 Å². The Morgan fingerprint density at radius 1 is 1.17 bits per heavy atom. The first-order valence-corrected chi connectivity index (χ1v) is 11.4. The smallest absolute Gasteiger partial charge is 0.387 e. The number of hydrogen-bond acceptors (Lipinski definition) is 5. The number of rotatable bonds is 9. The molecule has 190 valence electrons. The molecule has 2 atom stereocenters. The molecule has 2 fully saturated rings. The molecule has 2 aromatic carbocycles. The zero-order valence-electron chi connectivity index (χ0n) is 19.4. The molecule has 0 spiro atoms. The molecule has 10 heteroatoms. The SMILES string of the molecule is CC(=O)N1CC(c2ccc(OC(F)F)c(OCC3CC3)c2)CC1C(=O)Nc1cccc(CN)c1.Cl. The van der Waals surface area contributed by atoms with E-state index in [2.05, 4.69) is 10.1 Å². The van der Waals surface area contributed by atoms with Gasteiger partial charge in [-0.1, -0.05) is 18.2 Å². The van der Waals surface area contributed by atoms with Gasteiger partial charge in [-0.3, -0.25) is 9.59 Å². The van der Waals surface area contributed by atoms with Crippen LogP contribution in [0.15, 0.2) is 42.5 Å². The fourth-order valence-corrected chi connectivity index (χ4v) is 4.25. The number of likely N-dealkylation sites (tertiary alicyclic amines) is 1. The monoisotopic (exact) mass is 509 g/mol. The van der Waals surface area contributed by atoms with Crippen LogP contribution in [0.5, 0.6) is 11.5 Å². The standard InChI is InChI=1S/C25H29F2N3O4.ClH/c1-15(31)30-13-19(10-21(30)24(32)29-20-4-2-3-17(9-20)12-28)18-7-8-22(34-25(26)27)23(11-18)33-14-16-5-6-16;/h2-4,7-9,11,16,19,21,25H,5-6,10,12-14,28H2,1H3,(H,29,32);1H.